The van der Waals surface area contributed by atoms with Crippen LogP contribution in [0.1, 0.15) is 62.2 Å². The first-order chi connectivity index (χ1) is 13.9. The van der Waals surface area contributed by atoms with Crippen LogP contribution in [-0.2, 0) is 6.42 Å². The van der Waals surface area contributed by atoms with Crippen LogP contribution in [-0.4, -0.2) is 24.5 Å². The quantitative estimate of drug-likeness (QED) is 0.370. The molecule has 0 spiro atoms. The van der Waals surface area contributed by atoms with Crippen molar-refractivity contribution >= 4 is 16.8 Å². The van der Waals surface area contributed by atoms with E-state index in [9.17, 15) is 4.79 Å². The van der Waals surface area contributed by atoms with E-state index < -0.39 is 0 Å². The summed E-state index contributed by atoms with van der Waals surface area (Å²) in [7, 11) is 0. The molecular weight excluding hydrogens is 362 g/mol. The number of nitrogens with one attached hydrogen (secondary N) is 1. The van der Waals surface area contributed by atoms with E-state index in [1.165, 1.54) is 0 Å². The summed E-state index contributed by atoms with van der Waals surface area (Å²) in [5.41, 5.74) is 2.22. The number of aryl methyl sites for hydroxylation is 1. The molecule has 0 bridgehead atoms. The Bertz CT molecular complexity index is 948. The summed E-state index contributed by atoms with van der Waals surface area (Å²) in [6.45, 7) is 10.1. The molecule has 0 radical (unpaired) electrons. The van der Waals surface area contributed by atoms with Crippen molar-refractivity contribution in [2.24, 2.45) is 0 Å². The second kappa shape index (κ2) is 9.27. The van der Waals surface area contributed by atoms with Gasteiger partial charge in [0.05, 0.1) is 12.2 Å². The molecule has 0 aliphatic heterocycles. The van der Waals surface area contributed by atoms with E-state index >= 15 is 0 Å². The maximum atomic E-state index is 13.2. The Morgan fingerprint density at radius 2 is 1.79 bits per heavy atom. The number of fused-ring (bicyclic) bond motifs is 1. The van der Waals surface area contributed by atoms with Gasteiger partial charge in [0.1, 0.15) is 17.1 Å². The Morgan fingerprint density at radius 1 is 1.07 bits per heavy atom. The molecule has 0 saturated heterocycles. The predicted molar refractivity (Wildman–Crippen MR) is 118 cm³/mol. The number of ether oxygens (including phenoxy) is 1. The number of hydrogen-bond acceptors (Lipinski definition) is 4. The molecule has 154 valence electrons. The minimum Gasteiger partial charge on any atom is -0.494 e. The highest BCUT2D eigenvalue weighted by molar-refractivity contribution is 6.16. The second-order valence-corrected chi connectivity index (χ2v) is 8.38. The van der Waals surface area contributed by atoms with Crippen LogP contribution >= 0.6 is 0 Å². The van der Waals surface area contributed by atoms with E-state index in [-0.39, 0.29) is 11.3 Å². The zero-order chi connectivity index (χ0) is 20.9. The number of ketones is 1. The topological polar surface area (TPSA) is 51.5 Å². The van der Waals surface area contributed by atoms with Gasteiger partial charge in [-0.1, -0.05) is 25.1 Å². The van der Waals surface area contributed by atoms with Crippen molar-refractivity contribution < 1.29 is 13.9 Å². The SMILES string of the molecule is CCCc1oc2ccccc2c1C(=O)c1ccc(OCCCNC(C)(C)C)cc1. The molecule has 2 aromatic carbocycles. The van der Waals surface area contributed by atoms with Crippen LogP contribution in [0.15, 0.2) is 52.9 Å². The highest BCUT2D eigenvalue weighted by Crippen LogP contribution is 2.29. The summed E-state index contributed by atoms with van der Waals surface area (Å²) in [5.74, 6) is 1.55. The minimum atomic E-state index is -0.000623. The molecule has 0 aliphatic rings. The summed E-state index contributed by atoms with van der Waals surface area (Å²) in [5, 5.41) is 4.33. The van der Waals surface area contributed by atoms with Crippen molar-refractivity contribution in [1.29, 1.82) is 0 Å². The summed E-state index contributed by atoms with van der Waals surface area (Å²) in [6, 6.07) is 15.1. The molecule has 4 heteroatoms. The Morgan fingerprint density at radius 3 is 2.48 bits per heavy atom. The fourth-order valence-corrected chi connectivity index (χ4v) is 3.32. The van der Waals surface area contributed by atoms with E-state index in [2.05, 4.69) is 33.0 Å². The van der Waals surface area contributed by atoms with Crippen LogP contribution in [0, 0.1) is 0 Å². The number of rotatable bonds is 9. The maximum Gasteiger partial charge on any atom is 0.197 e. The Hall–Kier alpha value is -2.59. The van der Waals surface area contributed by atoms with Crippen molar-refractivity contribution in [3.63, 3.8) is 0 Å². The Balaban J connectivity index is 1.68. The summed E-state index contributed by atoms with van der Waals surface area (Å²) >= 11 is 0. The second-order valence-electron chi connectivity index (χ2n) is 8.38. The van der Waals surface area contributed by atoms with E-state index in [1.54, 1.807) is 0 Å². The number of furan rings is 1. The number of hydrogen-bond donors (Lipinski definition) is 1. The molecule has 0 aliphatic carbocycles. The predicted octanol–water partition coefficient (Wildman–Crippen LogP) is 5.77. The maximum absolute atomic E-state index is 13.2. The third kappa shape index (κ3) is 5.48. The molecule has 0 saturated carbocycles. The fourth-order valence-electron chi connectivity index (χ4n) is 3.32. The van der Waals surface area contributed by atoms with Gasteiger partial charge in [0.2, 0.25) is 0 Å². The number of carbonyl (C=O) groups excluding carboxylic acids is 1. The highest BCUT2D eigenvalue weighted by atomic mass is 16.5. The van der Waals surface area contributed by atoms with Gasteiger partial charge in [-0.2, -0.15) is 0 Å². The van der Waals surface area contributed by atoms with Gasteiger partial charge in [-0.25, -0.2) is 0 Å². The fraction of sp³-hybridized carbons (Fsp3) is 0.400. The summed E-state index contributed by atoms with van der Waals surface area (Å²) < 4.78 is 11.8. The normalized spacial score (nSPS) is 11.7. The number of para-hydroxylation sites is 1. The summed E-state index contributed by atoms with van der Waals surface area (Å²) in [6.07, 6.45) is 2.61. The molecule has 3 aromatic rings. The lowest BCUT2D eigenvalue weighted by Crippen LogP contribution is -2.36. The van der Waals surface area contributed by atoms with Gasteiger partial charge in [-0.3, -0.25) is 4.79 Å². The zero-order valence-corrected chi connectivity index (χ0v) is 17.9. The van der Waals surface area contributed by atoms with E-state index in [1.807, 2.05) is 48.5 Å². The van der Waals surface area contributed by atoms with Crippen LogP contribution in [0.25, 0.3) is 11.0 Å². The van der Waals surface area contributed by atoms with Gasteiger partial charge in [0.25, 0.3) is 0 Å². The third-order valence-corrected chi connectivity index (χ3v) is 4.73. The molecule has 0 atom stereocenters. The monoisotopic (exact) mass is 393 g/mol. The molecule has 3 rings (SSSR count). The molecule has 1 aromatic heterocycles. The summed E-state index contributed by atoms with van der Waals surface area (Å²) in [4.78, 5) is 13.2. The van der Waals surface area contributed by atoms with Crippen LogP contribution < -0.4 is 10.1 Å². The lowest BCUT2D eigenvalue weighted by atomic mass is 9.98. The van der Waals surface area contributed by atoms with E-state index in [4.69, 9.17) is 9.15 Å². The lowest BCUT2D eigenvalue weighted by Gasteiger charge is -2.20. The smallest absolute Gasteiger partial charge is 0.197 e. The van der Waals surface area contributed by atoms with Crippen molar-refractivity contribution in [2.75, 3.05) is 13.2 Å². The molecule has 0 fully saturated rings. The first kappa shape index (κ1) is 21.1. The standard InChI is InChI=1S/C25H31NO3/c1-5-9-22-23(20-10-6-7-11-21(20)29-22)24(27)18-12-14-19(15-13-18)28-17-8-16-26-25(2,3)4/h6-7,10-15,26H,5,8-9,16-17H2,1-4H3. The Labute approximate surface area is 173 Å². The average molecular weight is 394 g/mol. The van der Waals surface area contributed by atoms with Gasteiger partial charge in [0.15, 0.2) is 5.78 Å². The van der Waals surface area contributed by atoms with E-state index in [0.717, 1.165) is 48.3 Å². The van der Waals surface area contributed by atoms with E-state index in [0.29, 0.717) is 17.7 Å². The van der Waals surface area contributed by atoms with Gasteiger partial charge < -0.3 is 14.5 Å². The lowest BCUT2D eigenvalue weighted by molar-refractivity contribution is 0.103. The Kier molecular flexibility index (Phi) is 6.75. The molecule has 4 nitrogen and oxygen atoms in total. The first-order valence-corrected chi connectivity index (χ1v) is 10.4. The molecule has 0 amide bonds. The first-order valence-electron chi connectivity index (χ1n) is 10.4. The zero-order valence-electron chi connectivity index (χ0n) is 17.9. The van der Waals surface area contributed by atoms with Crippen molar-refractivity contribution in [1.82, 2.24) is 5.32 Å². The van der Waals surface area contributed by atoms with Crippen molar-refractivity contribution in [3.05, 3.63) is 65.4 Å². The van der Waals surface area contributed by atoms with Gasteiger partial charge in [-0.15, -0.1) is 0 Å². The van der Waals surface area contributed by atoms with Gasteiger partial charge >= 0.3 is 0 Å². The van der Waals surface area contributed by atoms with Crippen LogP contribution in [0.4, 0.5) is 0 Å². The largest absolute Gasteiger partial charge is 0.494 e. The average Bonchev–Trinajstić information content (AvgIpc) is 3.05. The molecule has 0 unspecified atom stereocenters. The van der Waals surface area contributed by atoms with Crippen LogP contribution in [0.5, 0.6) is 5.75 Å². The van der Waals surface area contributed by atoms with Gasteiger partial charge in [0, 0.05) is 22.9 Å². The molecular formula is C25H31NO3. The minimum absolute atomic E-state index is 0.000623. The van der Waals surface area contributed by atoms with Crippen LogP contribution in [0.3, 0.4) is 0 Å². The number of carbonyl (C=O) groups is 1. The van der Waals surface area contributed by atoms with Crippen LogP contribution in [0.2, 0.25) is 0 Å². The number of benzene rings is 2. The van der Waals surface area contributed by atoms with Crippen molar-refractivity contribution in [2.45, 2.75) is 52.5 Å². The highest BCUT2D eigenvalue weighted by Gasteiger charge is 2.21. The van der Waals surface area contributed by atoms with Gasteiger partial charge in [-0.05, 0) is 70.5 Å². The van der Waals surface area contributed by atoms with Crippen molar-refractivity contribution in [3.8, 4) is 5.75 Å². The molecule has 1 N–H and O–H groups in total. The third-order valence-electron chi connectivity index (χ3n) is 4.73. The molecule has 29 heavy (non-hydrogen) atoms. The molecule has 1 heterocycles.